The Labute approximate surface area is 123 Å². The number of benzene rings is 1. The summed E-state index contributed by atoms with van der Waals surface area (Å²) >= 11 is 0. The van der Waals surface area contributed by atoms with Gasteiger partial charge in [0, 0.05) is 24.7 Å². The topological polar surface area (TPSA) is 80.0 Å². The van der Waals surface area contributed by atoms with Gasteiger partial charge in [0.1, 0.15) is 6.33 Å². The van der Waals surface area contributed by atoms with Crippen LogP contribution >= 0.6 is 0 Å². The number of nitrogens with one attached hydrogen (secondary N) is 1. The molecule has 0 bridgehead atoms. The highest BCUT2D eigenvalue weighted by atomic mass is 16.3. The van der Waals surface area contributed by atoms with Gasteiger partial charge in [0.15, 0.2) is 5.82 Å². The number of rotatable bonds is 6. The van der Waals surface area contributed by atoms with E-state index in [-0.39, 0.29) is 12.5 Å². The fourth-order valence-electron chi connectivity index (χ4n) is 1.99. The van der Waals surface area contributed by atoms with E-state index < -0.39 is 6.10 Å². The molecule has 1 heterocycles. The molecule has 1 aromatic carbocycles. The second kappa shape index (κ2) is 6.99. The highest BCUT2D eigenvalue weighted by Crippen LogP contribution is 2.14. The van der Waals surface area contributed by atoms with Gasteiger partial charge >= 0.3 is 0 Å². The normalized spacial score (nSPS) is 12.1. The molecule has 1 unspecified atom stereocenters. The first-order valence-corrected chi connectivity index (χ1v) is 7.02. The molecular formula is C15H20N4O2. The smallest absolute Gasteiger partial charge is 0.251 e. The first kappa shape index (κ1) is 15.2. The Morgan fingerprint density at radius 3 is 2.67 bits per heavy atom. The van der Waals surface area contributed by atoms with Gasteiger partial charge in [-0.3, -0.25) is 9.48 Å². The molecule has 0 aliphatic rings. The third-order valence-electron chi connectivity index (χ3n) is 3.13. The molecule has 2 aromatic rings. The van der Waals surface area contributed by atoms with E-state index in [1.807, 2.05) is 19.1 Å². The zero-order valence-corrected chi connectivity index (χ0v) is 12.3. The number of nitrogens with zero attached hydrogens (tertiary/aromatic N) is 3. The van der Waals surface area contributed by atoms with Crippen molar-refractivity contribution in [2.75, 3.05) is 6.54 Å². The van der Waals surface area contributed by atoms with Crippen LogP contribution in [-0.2, 0) is 7.05 Å². The highest BCUT2D eigenvalue weighted by molar-refractivity contribution is 5.94. The van der Waals surface area contributed by atoms with Crippen molar-refractivity contribution in [1.29, 1.82) is 0 Å². The average Bonchev–Trinajstić information content (AvgIpc) is 2.92. The predicted octanol–water partition coefficient (Wildman–Crippen LogP) is 1.37. The zero-order valence-electron chi connectivity index (χ0n) is 12.3. The molecule has 21 heavy (non-hydrogen) atoms. The number of aliphatic hydroxyl groups excluding tert-OH is 1. The summed E-state index contributed by atoms with van der Waals surface area (Å²) in [7, 11) is 1.81. The molecule has 0 radical (unpaired) electrons. The lowest BCUT2D eigenvalue weighted by Gasteiger charge is -2.10. The SMILES string of the molecule is CCCC(O)CNC(=O)c1ccc(-c2ncn(C)n2)cc1. The van der Waals surface area contributed by atoms with Gasteiger partial charge in [-0.15, -0.1) is 0 Å². The lowest BCUT2D eigenvalue weighted by molar-refractivity contribution is 0.0910. The molecule has 1 amide bonds. The quantitative estimate of drug-likeness (QED) is 0.841. The number of aryl methyl sites for hydroxylation is 1. The molecule has 2 rings (SSSR count). The van der Waals surface area contributed by atoms with E-state index in [1.54, 1.807) is 30.2 Å². The van der Waals surface area contributed by atoms with Crippen LogP contribution in [0.2, 0.25) is 0 Å². The fourth-order valence-corrected chi connectivity index (χ4v) is 1.99. The molecule has 6 nitrogen and oxygen atoms in total. The van der Waals surface area contributed by atoms with Crippen LogP contribution in [0.15, 0.2) is 30.6 Å². The summed E-state index contributed by atoms with van der Waals surface area (Å²) in [6.07, 6.45) is 2.72. The van der Waals surface area contributed by atoms with Gasteiger partial charge in [0.2, 0.25) is 0 Å². The lowest BCUT2D eigenvalue weighted by Crippen LogP contribution is -2.31. The molecule has 0 fully saturated rings. The summed E-state index contributed by atoms with van der Waals surface area (Å²) in [4.78, 5) is 16.1. The van der Waals surface area contributed by atoms with Gasteiger partial charge in [-0.25, -0.2) is 4.98 Å². The Hall–Kier alpha value is -2.21. The summed E-state index contributed by atoms with van der Waals surface area (Å²) in [6.45, 7) is 2.27. The molecule has 0 aliphatic carbocycles. The minimum atomic E-state index is -0.490. The van der Waals surface area contributed by atoms with Gasteiger partial charge < -0.3 is 10.4 Å². The van der Waals surface area contributed by atoms with Gasteiger partial charge in [-0.2, -0.15) is 5.10 Å². The van der Waals surface area contributed by atoms with Gasteiger partial charge in [0.25, 0.3) is 5.91 Å². The monoisotopic (exact) mass is 288 g/mol. The van der Waals surface area contributed by atoms with E-state index in [9.17, 15) is 9.90 Å². The largest absolute Gasteiger partial charge is 0.391 e. The average molecular weight is 288 g/mol. The first-order chi connectivity index (χ1) is 10.1. The fraction of sp³-hybridized carbons (Fsp3) is 0.400. The number of carbonyl (C=O) groups is 1. The van der Waals surface area contributed by atoms with Crippen LogP contribution in [0.3, 0.4) is 0 Å². The minimum Gasteiger partial charge on any atom is -0.391 e. The molecule has 2 N–H and O–H groups in total. The first-order valence-electron chi connectivity index (χ1n) is 7.02. The van der Waals surface area contributed by atoms with Crippen LogP contribution in [0.1, 0.15) is 30.1 Å². The van der Waals surface area contributed by atoms with Crippen LogP contribution < -0.4 is 5.32 Å². The van der Waals surface area contributed by atoms with Crippen molar-refractivity contribution in [2.24, 2.45) is 7.05 Å². The maximum atomic E-state index is 11.9. The maximum absolute atomic E-state index is 11.9. The van der Waals surface area contributed by atoms with Crippen molar-refractivity contribution in [3.8, 4) is 11.4 Å². The van der Waals surface area contributed by atoms with Gasteiger partial charge in [-0.05, 0) is 18.6 Å². The Morgan fingerprint density at radius 2 is 2.10 bits per heavy atom. The van der Waals surface area contributed by atoms with E-state index in [0.717, 1.165) is 12.0 Å². The third kappa shape index (κ3) is 4.13. The number of aliphatic hydroxyl groups is 1. The van der Waals surface area contributed by atoms with E-state index in [1.165, 1.54) is 0 Å². The second-order valence-corrected chi connectivity index (χ2v) is 4.97. The highest BCUT2D eigenvalue weighted by Gasteiger charge is 2.09. The number of aromatic nitrogens is 3. The molecule has 0 saturated heterocycles. The molecule has 6 heteroatoms. The zero-order chi connectivity index (χ0) is 15.2. The van der Waals surface area contributed by atoms with Crippen LogP contribution in [0.5, 0.6) is 0 Å². The van der Waals surface area contributed by atoms with Crippen molar-refractivity contribution >= 4 is 5.91 Å². The van der Waals surface area contributed by atoms with Crippen molar-refractivity contribution in [2.45, 2.75) is 25.9 Å². The summed E-state index contributed by atoms with van der Waals surface area (Å²) in [6, 6.07) is 7.08. The Morgan fingerprint density at radius 1 is 1.38 bits per heavy atom. The summed E-state index contributed by atoms with van der Waals surface area (Å²) < 4.78 is 1.63. The molecule has 1 aromatic heterocycles. The molecule has 0 spiro atoms. The number of amides is 1. The standard InChI is InChI=1S/C15H20N4O2/c1-3-4-13(20)9-16-15(21)12-7-5-11(6-8-12)14-17-10-19(2)18-14/h5-8,10,13,20H,3-4,9H2,1-2H3,(H,16,21). The van der Waals surface area contributed by atoms with Crippen molar-refractivity contribution in [3.05, 3.63) is 36.2 Å². The Balaban J connectivity index is 1.97. The van der Waals surface area contributed by atoms with Crippen molar-refractivity contribution < 1.29 is 9.90 Å². The number of carbonyl (C=O) groups excluding carboxylic acids is 1. The summed E-state index contributed by atoms with van der Waals surface area (Å²) in [5.41, 5.74) is 1.41. The molecule has 112 valence electrons. The van der Waals surface area contributed by atoms with Crippen LogP contribution in [-0.4, -0.2) is 38.4 Å². The Kier molecular flexibility index (Phi) is 5.05. The molecule has 0 aliphatic heterocycles. The third-order valence-corrected chi connectivity index (χ3v) is 3.13. The van der Waals surface area contributed by atoms with E-state index in [4.69, 9.17) is 0 Å². The minimum absolute atomic E-state index is 0.189. The summed E-state index contributed by atoms with van der Waals surface area (Å²) in [5.74, 6) is 0.438. The van der Waals surface area contributed by atoms with Crippen LogP contribution in [0.25, 0.3) is 11.4 Å². The Bertz CT molecular complexity index is 592. The van der Waals surface area contributed by atoms with E-state index in [0.29, 0.717) is 17.8 Å². The summed E-state index contributed by atoms with van der Waals surface area (Å²) in [5, 5.41) is 16.5. The second-order valence-electron chi connectivity index (χ2n) is 4.97. The predicted molar refractivity (Wildman–Crippen MR) is 79.7 cm³/mol. The van der Waals surface area contributed by atoms with Gasteiger partial charge in [-0.1, -0.05) is 25.5 Å². The van der Waals surface area contributed by atoms with Crippen molar-refractivity contribution in [3.63, 3.8) is 0 Å². The molecule has 1 atom stereocenters. The van der Waals surface area contributed by atoms with Crippen LogP contribution in [0, 0.1) is 0 Å². The van der Waals surface area contributed by atoms with E-state index >= 15 is 0 Å². The van der Waals surface area contributed by atoms with Crippen molar-refractivity contribution in [1.82, 2.24) is 20.1 Å². The maximum Gasteiger partial charge on any atom is 0.251 e. The van der Waals surface area contributed by atoms with E-state index in [2.05, 4.69) is 15.4 Å². The lowest BCUT2D eigenvalue weighted by atomic mass is 10.1. The molecular weight excluding hydrogens is 268 g/mol. The number of hydrogen-bond donors (Lipinski definition) is 2. The van der Waals surface area contributed by atoms with Crippen LogP contribution in [0.4, 0.5) is 0 Å². The molecule has 0 saturated carbocycles. The number of hydrogen-bond acceptors (Lipinski definition) is 4. The van der Waals surface area contributed by atoms with Gasteiger partial charge in [0.05, 0.1) is 6.10 Å².